The van der Waals surface area contributed by atoms with Gasteiger partial charge in [0, 0.05) is 17.0 Å². The van der Waals surface area contributed by atoms with Crippen LogP contribution in [0.4, 0.5) is 0 Å². The van der Waals surface area contributed by atoms with Gasteiger partial charge in [-0.2, -0.15) is 0 Å². The van der Waals surface area contributed by atoms with Crippen molar-refractivity contribution < 1.29 is 9.84 Å². The van der Waals surface area contributed by atoms with Gasteiger partial charge >= 0.3 is 0 Å². The van der Waals surface area contributed by atoms with Crippen molar-refractivity contribution in [3.8, 4) is 5.75 Å². The third-order valence-electron chi connectivity index (χ3n) is 3.66. The summed E-state index contributed by atoms with van der Waals surface area (Å²) in [6.45, 7) is 5.84. The predicted octanol–water partition coefficient (Wildman–Crippen LogP) is 4.42. The molecule has 0 fully saturated rings. The number of rotatable bonds is 4. The van der Waals surface area contributed by atoms with Crippen molar-refractivity contribution in [1.29, 1.82) is 0 Å². The molecule has 1 N–H and O–H groups in total. The number of benzene rings is 2. The summed E-state index contributed by atoms with van der Waals surface area (Å²) in [6.07, 6.45) is 0.504. The second-order valence-electron chi connectivity index (χ2n) is 5.74. The monoisotopic (exact) mass is 304 g/mol. The molecule has 0 radical (unpaired) electrons. The Morgan fingerprint density at radius 2 is 1.76 bits per heavy atom. The van der Waals surface area contributed by atoms with Gasteiger partial charge in [0.2, 0.25) is 0 Å². The summed E-state index contributed by atoms with van der Waals surface area (Å²) < 4.78 is 5.47. The van der Waals surface area contributed by atoms with Crippen molar-refractivity contribution in [2.24, 2.45) is 0 Å². The molecule has 2 aromatic rings. The summed E-state index contributed by atoms with van der Waals surface area (Å²) in [4.78, 5) is 0. The zero-order valence-electron chi connectivity index (χ0n) is 12.9. The van der Waals surface area contributed by atoms with Gasteiger partial charge in [0.1, 0.15) is 5.75 Å². The Kier molecular flexibility index (Phi) is 4.60. The largest absolute Gasteiger partial charge is 0.496 e. The average molecular weight is 305 g/mol. The first-order chi connectivity index (χ1) is 9.83. The van der Waals surface area contributed by atoms with E-state index in [-0.39, 0.29) is 0 Å². The molecule has 0 saturated heterocycles. The summed E-state index contributed by atoms with van der Waals surface area (Å²) in [5.41, 5.74) is 3.02. The lowest BCUT2D eigenvalue weighted by Crippen LogP contribution is -2.26. The minimum absolute atomic E-state index is 0.504. The van der Waals surface area contributed by atoms with Crippen molar-refractivity contribution in [3.63, 3.8) is 0 Å². The van der Waals surface area contributed by atoms with Crippen molar-refractivity contribution >= 4 is 11.6 Å². The van der Waals surface area contributed by atoms with Gasteiger partial charge in [-0.1, -0.05) is 29.8 Å². The summed E-state index contributed by atoms with van der Waals surface area (Å²) in [5, 5.41) is 11.7. The lowest BCUT2D eigenvalue weighted by molar-refractivity contribution is 0.0543. The molecule has 0 heterocycles. The van der Waals surface area contributed by atoms with Gasteiger partial charge in [-0.25, -0.2) is 0 Å². The Balaban J connectivity index is 2.41. The van der Waals surface area contributed by atoms with Gasteiger partial charge in [0.15, 0.2) is 0 Å². The first-order valence-electron chi connectivity index (χ1n) is 6.96. The molecular weight excluding hydrogens is 284 g/mol. The Morgan fingerprint density at radius 3 is 2.33 bits per heavy atom. The summed E-state index contributed by atoms with van der Waals surface area (Å²) >= 11 is 5.91. The lowest BCUT2D eigenvalue weighted by atomic mass is 9.85. The molecule has 2 rings (SSSR count). The number of aliphatic hydroxyl groups is 1. The number of methoxy groups -OCH3 is 1. The van der Waals surface area contributed by atoms with Crippen LogP contribution in [0.15, 0.2) is 36.4 Å². The highest BCUT2D eigenvalue weighted by Crippen LogP contribution is 2.36. The van der Waals surface area contributed by atoms with Crippen molar-refractivity contribution in [1.82, 2.24) is 0 Å². The maximum atomic E-state index is 11.0. The molecule has 2 aromatic carbocycles. The quantitative estimate of drug-likeness (QED) is 0.906. The smallest absolute Gasteiger partial charge is 0.125 e. The molecular formula is C18H21ClO2. The average Bonchev–Trinajstić information content (AvgIpc) is 2.39. The van der Waals surface area contributed by atoms with Crippen LogP contribution in [0, 0.1) is 13.8 Å². The first-order valence-corrected chi connectivity index (χ1v) is 7.34. The van der Waals surface area contributed by atoms with Crippen LogP contribution in [-0.4, -0.2) is 12.2 Å². The zero-order chi connectivity index (χ0) is 15.6. The maximum Gasteiger partial charge on any atom is 0.125 e. The van der Waals surface area contributed by atoms with Gasteiger partial charge in [-0.05, 0) is 55.7 Å². The van der Waals surface area contributed by atoms with Crippen molar-refractivity contribution in [2.75, 3.05) is 7.11 Å². The first kappa shape index (κ1) is 15.9. The Morgan fingerprint density at radius 1 is 1.14 bits per heavy atom. The van der Waals surface area contributed by atoms with Gasteiger partial charge in [-0.3, -0.25) is 0 Å². The molecule has 0 saturated carbocycles. The summed E-state index contributed by atoms with van der Waals surface area (Å²) in [6, 6.07) is 11.6. The molecule has 0 bridgehead atoms. The van der Waals surface area contributed by atoms with Gasteiger partial charge in [-0.15, -0.1) is 0 Å². The minimum atomic E-state index is -1.00. The fraction of sp³-hybridized carbons (Fsp3) is 0.333. The van der Waals surface area contributed by atoms with Gasteiger partial charge < -0.3 is 9.84 Å². The molecule has 3 heteroatoms. The van der Waals surface area contributed by atoms with Crippen molar-refractivity contribution in [2.45, 2.75) is 32.8 Å². The SMILES string of the molecule is COc1cc(C)cc(C)c1C(C)(O)Cc1ccc(Cl)cc1. The van der Waals surface area contributed by atoms with E-state index < -0.39 is 5.60 Å². The predicted molar refractivity (Wildman–Crippen MR) is 87.2 cm³/mol. The van der Waals surface area contributed by atoms with E-state index in [9.17, 15) is 5.11 Å². The van der Waals surface area contributed by atoms with Crippen LogP contribution in [0.1, 0.15) is 29.2 Å². The molecule has 21 heavy (non-hydrogen) atoms. The molecule has 112 valence electrons. The number of aryl methyl sites for hydroxylation is 2. The fourth-order valence-electron chi connectivity index (χ4n) is 2.87. The van der Waals surface area contributed by atoms with Gasteiger partial charge in [0.25, 0.3) is 0 Å². The van der Waals surface area contributed by atoms with Gasteiger partial charge in [0.05, 0.1) is 12.7 Å². The molecule has 0 aromatic heterocycles. The molecule has 0 spiro atoms. The van der Waals surface area contributed by atoms with Crippen LogP contribution in [-0.2, 0) is 12.0 Å². The third-order valence-corrected chi connectivity index (χ3v) is 3.92. The Labute approximate surface area is 131 Å². The van der Waals surface area contributed by atoms with E-state index in [1.807, 2.05) is 51.1 Å². The highest BCUT2D eigenvalue weighted by atomic mass is 35.5. The zero-order valence-corrected chi connectivity index (χ0v) is 13.7. The van der Waals surface area contributed by atoms with Crippen LogP contribution >= 0.6 is 11.6 Å². The fourth-order valence-corrected chi connectivity index (χ4v) is 2.99. The Hall–Kier alpha value is -1.51. The van der Waals surface area contributed by atoms with E-state index in [0.717, 1.165) is 28.0 Å². The second-order valence-corrected chi connectivity index (χ2v) is 6.17. The van der Waals surface area contributed by atoms with E-state index >= 15 is 0 Å². The Bertz CT molecular complexity index is 630. The van der Waals surface area contributed by atoms with E-state index in [2.05, 4.69) is 6.07 Å². The number of ether oxygens (including phenoxy) is 1. The van der Waals surface area contributed by atoms with E-state index in [0.29, 0.717) is 11.4 Å². The number of hydrogen-bond acceptors (Lipinski definition) is 2. The molecule has 0 amide bonds. The molecule has 0 aliphatic heterocycles. The van der Waals surface area contributed by atoms with E-state index in [1.165, 1.54) is 0 Å². The topological polar surface area (TPSA) is 29.5 Å². The molecule has 2 nitrogen and oxygen atoms in total. The van der Waals surface area contributed by atoms with E-state index in [4.69, 9.17) is 16.3 Å². The van der Waals surface area contributed by atoms with Crippen molar-refractivity contribution in [3.05, 3.63) is 63.7 Å². The normalized spacial score (nSPS) is 13.8. The van der Waals surface area contributed by atoms with Crippen LogP contribution < -0.4 is 4.74 Å². The number of hydrogen-bond donors (Lipinski definition) is 1. The van der Waals surface area contributed by atoms with E-state index in [1.54, 1.807) is 7.11 Å². The van der Waals surface area contributed by atoms with Crippen LogP contribution in [0.3, 0.4) is 0 Å². The highest BCUT2D eigenvalue weighted by molar-refractivity contribution is 6.30. The second kappa shape index (κ2) is 6.08. The maximum absolute atomic E-state index is 11.0. The third kappa shape index (κ3) is 3.58. The molecule has 1 unspecified atom stereocenters. The molecule has 0 aliphatic carbocycles. The number of halogens is 1. The molecule has 1 atom stereocenters. The van der Waals surface area contributed by atoms with Crippen LogP contribution in [0.25, 0.3) is 0 Å². The van der Waals surface area contributed by atoms with Crippen LogP contribution in [0.5, 0.6) is 5.75 Å². The minimum Gasteiger partial charge on any atom is -0.496 e. The summed E-state index contributed by atoms with van der Waals surface area (Å²) in [5.74, 6) is 0.728. The lowest BCUT2D eigenvalue weighted by Gasteiger charge is -2.28. The summed E-state index contributed by atoms with van der Waals surface area (Å²) in [7, 11) is 1.64. The highest BCUT2D eigenvalue weighted by Gasteiger charge is 2.29. The van der Waals surface area contributed by atoms with Crippen LogP contribution in [0.2, 0.25) is 5.02 Å². The standard InChI is InChI=1S/C18H21ClO2/c1-12-9-13(2)17(16(10-12)21-4)18(3,20)11-14-5-7-15(19)8-6-14/h5-10,20H,11H2,1-4H3. The molecule has 0 aliphatic rings.